The van der Waals surface area contributed by atoms with E-state index in [4.69, 9.17) is 32.7 Å². The predicted octanol–water partition coefficient (Wildman–Crippen LogP) is 5.93. The van der Waals surface area contributed by atoms with Crippen LogP contribution in [0.2, 0.25) is 10.0 Å². The number of methoxy groups -OCH3 is 1. The minimum Gasteiger partial charge on any atom is -0.493 e. The summed E-state index contributed by atoms with van der Waals surface area (Å²) in [5.41, 5.74) is 1.93. The number of nitrogens with one attached hydrogen (secondary N) is 1. The maximum Gasteiger partial charge on any atom is 0.180 e. The van der Waals surface area contributed by atoms with Crippen LogP contribution in [0.3, 0.4) is 0 Å². The summed E-state index contributed by atoms with van der Waals surface area (Å²) in [6, 6.07) is 15.6. The Balaban J connectivity index is 1.67. The topological polar surface area (TPSA) is 30.5 Å². The van der Waals surface area contributed by atoms with Gasteiger partial charge in [-0.15, -0.1) is 11.3 Å². The standard InChI is InChI=1S/C20H19Cl2NO2S/c1-24-19-10-14(11-23-12-16-6-4-8-26-16)9-18(22)20(19)25-13-15-5-2-3-7-17(15)21/h2-10,23H,11-13H2,1H3. The molecule has 0 radical (unpaired) electrons. The first-order valence-electron chi connectivity index (χ1n) is 8.13. The van der Waals surface area contributed by atoms with Gasteiger partial charge in [-0.25, -0.2) is 0 Å². The van der Waals surface area contributed by atoms with Crippen LogP contribution in [0, 0.1) is 0 Å². The van der Waals surface area contributed by atoms with Gasteiger partial charge in [0.1, 0.15) is 6.61 Å². The zero-order chi connectivity index (χ0) is 18.4. The van der Waals surface area contributed by atoms with Gasteiger partial charge in [-0.2, -0.15) is 0 Å². The van der Waals surface area contributed by atoms with Crippen molar-refractivity contribution in [1.82, 2.24) is 5.32 Å². The highest BCUT2D eigenvalue weighted by molar-refractivity contribution is 7.09. The Kier molecular flexibility index (Phi) is 6.80. The van der Waals surface area contributed by atoms with Gasteiger partial charge in [-0.05, 0) is 35.2 Å². The largest absolute Gasteiger partial charge is 0.493 e. The average molecular weight is 408 g/mol. The molecule has 0 aliphatic heterocycles. The number of rotatable bonds is 8. The van der Waals surface area contributed by atoms with Gasteiger partial charge in [-0.3, -0.25) is 0 Å². The van der Waals surface area contributed by atoms with E-state index >= 15 is 0 Å². The fourth-order valence-corrected chi connectivity index (χ4v) is 3.68. The zero-order valence-electron chi connectivity index (χ0n) is 14.3. The molecule has 6 heteroatoms. The summed E-state index contributed by atoms with van der Waals surface area (Å²) in [7, 11) is 1.61. The highest BCUT2D eigenvalue weighted by Crippen LogP contribution is 2.37. The van der Waals surface area contributed by atoms with Crippen molar-refractivity contribution in [3.05, 3.63) is 80.0 Å². The van der Waals surface area contributed by atoms with Crippen molar-refractivity contribution < 1.29 is 9.47 Å². The molecule has 0 saturated carbocycles. The SMILES string of the molecule is COc1cc(CNCc2cccs2)cc(Cl)c1OCc1ccccc1Cl. The van der Waals surface area contributed by atoms with E-state index in [9.17, 15) is 0 Å². The monoisotopic (exact) mass is 407 g/mol. The van der Waals surface area contributed by atoms with Crippen molar-refractivity contribution in [3.63, 3.8) is 0 Å². The van der Waals surface area contributed by atoms with E-state index in [0.717, 1.165) is 17.7 Å². The second-order valence-corrected chi connectivity index (χ2v) is 7.52. The van der Waals surface area contributed by atoms with Crippen molar-refractivity contribution in [2.24, 2.45) is 0 Å². The van der Waals surface area contributed by atoms with E-state index < -0.39 is 0 Å². The molecular formula is C20H19Cl2NO2S. The summed E-state index contributed by atoms with van der Waals surface area (Å²) < 4.78 is 11.4. The van der Waals surface area contributed by atoms with Crippen LogP contribution >= 0.6 is 34.5 Å². The molecule has 3 rings (SSSR count). The molecule has 0 bridgehead atoms. The molecule has 0 saturated heterocycles. The Labute approximate surface area is 167 Å². The lowest BCUT2D eigenvalue weighted by Crippen LogP contribution is -2.12. The summed E-state index contributed by atoms with van der Waals surface area (Å²) >= 11 is 14.3. The Hall–Kier alpha value is -1.72. The van der Waals surface area contributed by atoms with Crippen molar-refractivity contribution >= 4 is 34.5 Å². The van der Waals surface area contributed by atoms with Gasteiger partial charge in [0, 0.05) is 28.6 Å². The van der Waals surface area contributed by atoms with Gasteiger partial charge in [0.2, 0.25) is 0 Å². The highest BCUT2D eigenvalue weighted by atomic mass is 35.5. The van der Waals surface area contributed by atoms with Crippen LogP contribution in [0.25, 0.3) is 0 Å². The molecule has 0 aliphatic rings. The molecule has 1 N–H and O–H groups in total. The normalized spacial score (nSPS) is 10.7. The summed E-state index contributed by atoms with van der Waals surface area (Å²) in [6.07, 6.45) is 0. The Morgan fingerprint density at radius 1 is 1.00 bits per heavy atom. The van der Waals surface area contributed by atoms with Crippen LogP contribution in [0.5, 0.6) is 11.5 Å². The molecule has 3 nitrogen and oxygen atoms in total. The van der Waals surface area contributed by atoms with E-state index in [-0.39, 0.29) is 0 Å². The molecule has 0 atom stereocenters. The van der Waals surface area contributed by atoms with Crippen molar-refractivity contribution in [1.29, 1.82) is 0 Å². The number of thiophene rings is 1. The molecule has 2 aromatic carbocycles. The van der Waals surface area contributed by atoms with Crippen molar-refractivity contribution in [2.75, 3.05) is 7.11 Å². The number of ether oxygens (including phenoxy) is 2. The maximum absolute atomic E-state index is 6.43. The molecule has 1 aromatic heterocycles. The fourth-order valence-electron chi connectivity index (χ4n) is 2.52. The minimum atomic E-state index is 0.325. The lowest BCUT2D eigenvalue weighted by Gasteiger charge is -2.15. The van der Waals surface area contributed by atoms with E-state index in [0.29, 0.717) is 34.7 Å². The van der Waals surface area contributed by atoms with Crippen LogP contribution < -0.4 is 14.8 Å². The van der Waals surface area contributed by atoms with Crippen LogP contribution in [0.4, 0.5) is 0 Å². The molecule has 0 aliphatic carbocycles. The second-order valence-electron chi connectivity index (χ2n) is 5.67. The lowest BCUT2D eigenvalue weighted by atomic mass is 10.2. The lowest BCUT2D eigenvalue weighted by molar-refractivity contribution is 0.284. The van der Waals surface area contributed by atoms with Crippen LogP contribution in [-0.2, 0) is 19.7 Å². The van der Waals surface area contributed by atoms with Crippen molar-refractivity contribution in [3.8, 4) is 11.5 Å². The van der Waals surface area contributed by atoms with Crippen molar-refractivity contribution in [2.45, 2.75) is 19.7 Å². The Morgan fingerprint density at radius 3 is 2.58 bits per heavy atom. The van der Waals surface area contributed by atoms with Gasteiger partial charge >= 0.3 is 0 Å². The molecule has 0 amide bonds. The first kappa shape index (κ1) is 19.1. The van der Waals surface area contributed by atoms with E-state index in [1.54, 1.807) is 18.4 Å². The molecule has 26 heavy (non-hydrogen) atoms. The van der Waals surface area contributed by atoms with E-state index in [2.05, 4.69) is 16.8 Å². The maximum atomic E-state index is 6.43. The average Bonchev–Trinajstić information content (AvgIpc) is 3.15. The third-order valence-electron chi connectivity index (χ3n) is 3.83. The molecule has 3 aromatic rings. The van der Waals surface area contributed by atoms with Gasteiger partial charge in [0.15, 0.2) is 11.5 Å². The molecule has 0 unspecified atom stereocenters. The number of benzene rings is 2. The predicted molar refractivity (Wildman–Crippen MR) is 109 cm³/mol. The van der Waals surface area contributed by atoms with E-state index in [1.807, 2.05) is 42.5 Å². The minimum absolute atomic E-state index is 0.325. The van der Waals surface area contributed by atoms with Crippen LogP contribution in [0.15, 0.2) is 53.9 Å². The molecule has 136 valence electrons. The number of halogens is 2. The first-order valence-corrected chi connectivity index (χ1v) is 9.76. The molecule has 0 spiro atoms. The van der Waals surface area contributed by atoms with E-state index in [1.165, 1.54) is 4.88 Å². The summed E-state index contributed by atoms with van der Waals surface area (Å²) in [5.74, 6) is 1.13. The zero-order valence-corrected chi connectivity index (χ0v) is 16.6. The van der Waals surface area contributed by atoms with Gasteiger partial charge < -0.3 is 14.8 Å². The van der Waals surface area contributed by atoms with Gasteiger partial charge in [0.05, 0.1) is 12.1 Å². The fraction of sp³-hybridized carbons (Fsp3) is 0.200. The smallest absolute Gasteiger partial charge is 0.180 e. The first-order chi connectivity index (χ1) is 12.7. The third kappa shape index (κ3) is 4.92. The van der Waals surface area contributed by atoms with Crippen LogP contribution in [-0.4, -0.2) is 7.11 Å². The molecule has 0 fully saturated rings. The summed E-state index contributed by atoms with van der Waals surface area (Å²) in [4.78, 5) is 1.29. The van der Waals surface area contributed by atoms with Gasteiger partial charge in [-0.1, -0.05) is 47.5 Å². The number of hydrogen-bond donors (Lipinski definition) is 1. The second kappa shape index (κ2) is 9.28. The Bertz CT molecular complexity index is 853. The van der Waals surface area contributed by atoms with Crippen LogP contribution in [0.1, 0.15) is 16.0 Å². The number of hydrogen-bond acceptors (Lipinski definition) is 4. The van der Waals surface area contributed by atoms with Gasteiger partial charge in [0.25, 0.3) is 0 Å². The summed E-state index contributed by atoms with van der Waals surface area (Å²) in [6.45, 7) is 1.84. The molecule has 1 heterocycles. The summed E-state index contributed by atoms with van der Waals surface area (Å²) in [5, 5.41) is 6.66. The quantitative estimate of drug-likeness (QED) is 0.501. The third-order valence-corrected chi connectivity index (χ3v) is 5.35. The molecular weight excluding hydrogens is 389 g/mol. The highest BCUT2D eigenvalue weighted by Gasteiger charge is 2.13. The Morgan fingerprint density at radius 2 is 1.85 bits per heavy atom.